The number of hydrogen-bond donors (Lipinski definition) is 1. The number of nitrogens with one attached hydrogen (secondary N) is 1. The van der Waals surface area contributed by atoms with Gasteiger partial charge in [-0.3, -0.25) is 10.1 Å². The summed E-state index contributed by atoms with van der Waals surface area (Å²) in [5.74, 6) is -0.630. The minimum absolute atomic E-state index is 0.0819. The molecule has 0 fully saturated rings. The predicted molar refractivity (Wildman–Crippen MR) is 99.1 cm³/mol. The van der Waals surface area contributed by atoms with Crippen molar-refractivity contribution in [3.63, 3.8) is 0 Å². The molecule has 3 aromatic rings. The lowest BCUT2D eigenvalue weighted by atomic mass is 10.2. The van der Waals surface area contributed by atoms with Crippen LogP contribution in [0.2, 0.25) is 0 Å². The molecule has 25 heavy (non-hydrogen) atoms. The second-order valence-corrected chi connectivity index (χ2v) is 8.80. The van der Waals surface area contributed by atoms with Gasteiger partial charge in [0.1, 0.15) is 0 Å². The van der Waals surface area contributed by atoms with Crippen LogP contribution in [-0.4, -0.2) is 31.8 Å². The Morgan fingerprint density at radius 2 is 1.92 bits per heavy atom. The van der Waals surface area contributed by atoms with E-state index in [2.05, 4.69) is 10.3 Å². The first-order chi connectivity index (χ1) is 11.9. The van der Waals surface area contributed by atoms with E-state index in [1.165, 1.54) is 23.5 Å². The number of sulfone groups is 1. The molecule has 1 N–H and O–H groups in total. The standard InChI is InChI=1S/C16H14N2O4S3/c1-23-11-5-3-10(4-6-11)12-9-24-16(17-12)18-15(19)13-7-8-14(22-13)25(2,20)21/h3-9H,1-2H3,(H,17,18,19). The van der Waals surface area contributed by atoms with E-state index < -0.39 is 15.7 Å². The first-order valence-corrected chi connectivity index (χ1v) is 11.1. The maximum Gasteiger partial charge on any atom is 0.293 e. The number of benzene rings is 1. The van der Waals surface area contributed by atoms with Crippen LogP contribution < -0.4 is 5.32 Å². The molecule has 0 saturated heterocycles. The Kier molecular flexibility index (Phi) is 4.98. The van der Waals surface area contributed by atoms with Crippen molar-refractivity contribution >= 4 is 44.0 Å². The summed E-state index contributed by atoms with van der Waals surface area (Å²) in [6.45, 7) is 0. The van der Waals surface area contributed by atoms with Crippen LogP contribution in [0.1, 0.15) is 10.6 Å². The molecular formula is C16H14N2O4S3. The SMILES string of the molecule is CSc1ccc(-c2csc(NC(=O)c3ccc(S(C)(=O)=O)o3)n2)cc1. The summed E-state index contributed by atoms with van der Waals surface area (Å²) in [6, 6.07) is 10.5. The van der Waals surface area contributed by atoms with E-state index in [0.717, 1.165) is 22.4 Å². The monoisotopic (exact) mass is 394 g/mol. The fraction of sp³-hybridized carbons (Fsp3) is 0.125. The van der Waals surface area contributed by atoms with Gasteiger partial charge in [-0.15, -0.1) is 23.1 Å². The van der Waals surface area contributed by atoms with Gasteiger partial charge in [0.2, 0.25) is 14.9 Å². The van der Waals surface area contributed by atoms with E-state index in [0.29, 0.717) is 5.13 Å². The average molecular weight is 394 g/mol. The summed E-state index contributed by atoms with van der Waals surface area (Å²) >= 11 is 2.94. The molecule has 0 aliphatic heterocycles. The van der Waals surface area contributed by atoms with Crippen molar-refractivity contribution in [2.75, 3.05) is 17.8 Å². The van der Waals surface area contributed by atoms with Crippen LogP contribution in [0.15, 0.2) is 56.2 Å². The molecule has 1 aromatic carbocycles. The van der Waals surface area contributed by atoms with Gasteiger partial charge in [-0.1, -0.05) is 12.1 Å². The Morgan fingerprint density at radius 1 is 1.20 bits per heavy atom. The first kappa shape index (κ1) is 17.7. The van der Waals surface area contributed by atoms with E-state index >= 15 is 0 Å². The summed E-state index contributed by atoms with van der Waals surface area (Å²) in [7, 11) is -3.49. The fourth-order valence-electron chi connectivity index (χ4n) is 2.03. The van der Waals surface area contributed by atoms with Crippen LogP contribution in [-0.2, 0) is 9.84 Å². The quantitative estimate of drug-likeness (QED) is 0.663. The number of anilines is 1. The number of thiazole rings is 1. The van der Waals surface area contributed by atoms with Crippen LogP contribution >= 0.6 is 23.1 Å². The summed E-state index contributed by atoms with van der Waals surface area (Å²) in [4.78, 5) is 17.7. The smallest absolute Gasteiger partial charge is 0.293 e. The molecule has 0 saturated carbocycles. The second kappa shape index (κ2) is 7.03. The van der Waals surface area contributed by atoms with Gasteiger partial charge in [0.15, 0.2) is 10.9 Å². The lowest BCUT2D eigenvalue weighted by Gasteiger charge is -2.00. The third kappa shape index (κ3) is 4.12. The molecule has 1 amide bonds. The van der Waals surface area contributed by atoms with E-state index in [9.17, 15) is 13.2 Å². The molecular weight excluding hydrogens is 380 g/mol. The van der Waals surface area contributed by atoms with E-state index in [1.807, 2.05) is 35.9 Å². The van der Waals surface area contributed by atoms with Gasteiger partial charge in [-0.05, 0) is 30.5 Å². The lowest BCUT2D eigenvalue weighted by molar-refractivity contribution is 0.0991. The Balaban J connectivity index is 1.74. The maximum absolute atomic E-state index is 12.1. The topological polar surface area (TPSA) is 89.3 Å². The number of thioether (sulfide) groups is 1. The van der Waals surface area contributed by atoms with Crippen molar-refractivity contribution in [1.29, 1.82) is 0 Å². The molecule has 9 heteroatoms. The Morgan fingerprint density at radius 3 is 2.52 bits per heavy atom. The molecule has 2 aromatic heterocycles. The van der Waals surface area contributed by atoms with Gasteiger partial charge in [0.05, 0.1) is 5.69 Å². The van der Waals surface area contributed by atoms with Crippen molar-refractivity contribution in [3.05, 3.63) is 47.5 Å². The van der Waals surface area contributed by atoms with Crippen molar-refractivity contribution in [2.24, 2.45) is 0 Å². The normalized spacial score (nSPS) is 11.4. The highest BCUT2D eigenvalue weighted by molar-refractivity contribution is 7.98. The minimum Gasteiger partial charge on any atom is -0.440 e. The fourth-order valence-corrected chi connectivity index (χ4v) is 3.71. The number of carbonyl (C=O) groups excluding carboxylic acids is 1. The molecule has 0 aliphatic rings. The minimum atomic E-state index is -3.49. The van der Waals surface area contributed by atoms with Crippen LogP contribution in [0.4, 0.5) is 5.13 Å². The van der Waals surface area contributed by atoms with Gasteiger partial charge < -0.3 is 4.42 Å². The van der Waals surface area contributed by atoms with E-state index in [4.69, 9.17) is 4.42 Å². The van der Waals surface area contributed by atoms with E-state index in [1.54, 1.807) is 11.8 Å². The molecule has 0 aliphatic carbocycles. The first-order valence-electron chi connectivity index (χ1n) is 7.08. The zero-order valence-corrected chi connectivity index (χ0v) is 15.8. The van der Waals surface area contributed by atoms with Gasteiger partial charge in [0, 0.05) is 22.1 Å². The highest BCUT2D eigenvalue weighted by Crippen LogP contribution is 2.27. The predicted octanol–water partition coefficient (Wildman–Crippen LogP) is 3.78. The average Bonchev–Trinajstić information content (AvgIpc) is 3.24. The van der Waals surface area contributed by atoms with Crippen molar-refractivity contribution < 1.29 is 17.6 Å². The van der Waals surface area contributed by atoms with Gasteiger partial charge >= 0.3 is 0 Å². The van der Waals surface area contributed by atoms with Crippen molar-refractivity contribution in [2.45, 2.75) is 9.99 Å². The zero-order chi connectivity index (χ0) is 18.0. The number of amides is 1. The molecule has 0 unspecified atom stereocenters. The zero-order valence-electron chi connectivity index (χ0n) is 13.3. The van der Waals surface area contributed by atoms with Gasteiger partial charge in [-0.2, -0.15) is 0 Å². The number of rotatable bonds is 5. The Hall–Kier alpha value is -2.10. The summed E-state index contributed by atoms with van der Waals surface area (Å²) < 4.78 is 27.9. The van der Waals surface area contributed by atoms with Crippen LogP contribution in [0, 0.1) is 0 Å². The lowest BCUT2D eigenvalue weighted by Crippen LogP contribution is -2.10. The molecule has 2 heterocycles. The third-order valence-electron chi connectivity index (χ3n) is 3.28. The van der Waals surface area contributed by atoms with Gasteiger partial charge in [0.25, 0.3) is 5.91 Å². The maximum atomic E-state index is 12.1. The number of carbonyl (C=O) groups is 1. The number of aromatic nitrogens is 1. The third-order valence-corrected chi connectivity index (χ3v) is 5.73. The van der Waals surface area contributed by atoms with Crippen LogP contribution in [0.3, 0.4) is 0 Å². The van der Waals surface area contributed by atoms with E-state index in [-0.39, 0.29) is 10.9 Å². The number of furan rings is 1. The van der Waals surface area contributed by atoms with Crippen LogP contribution in [0.5, 0.6) is 0 Å². The largest absolute Gasteiger partial charge is 0.440 e. The van der Waals surface area contributed by atoms with Crippen molar-refractivity contribution in [1.82, 2.24) is 4.98 Å². The highest BCUT2D eigenvalue weighted by Gasteiger charge is 2.18. The molecule has 6 nitrogen and oxygen atoms in total. The molecule has 130 valence electrons. The summed E-state index contributed by atoms with van der Waals surface area (Å²) in [5.41, 5.74) is 1.70. The number of hydrogen-bond acceptors (Lipinski definition) is 7. The molecule has 0 bridgehead atoms. The Bertz CT molecular complexity index is 1000. The highest BCUT2D eigenvalue weighted by atomic mass is 32.2. The second-order valence-electron chi connectivity index (χ2n) is 5.11. The van der Waals surface area contributed by atoms with Gasteiger partial charge in [-0.25, -0.2) is 13.4 Å². The molecule has 3 rings (SSSR count). The molecule has 0 spiro atoms. The molecule has 0 radical (unpaired) electrons. The summed E-state index contributed by atoms with van der Waals surface area (Å²) in [5, 5.41) is 4.62. The van der Waals surface area contributed by atoms with Crippen molar-refractivity contribution in [3.8, 4) is 11.3 Å². The number of nitrogens with zero attached hydrogens (tertiary/aromatic N) is 1. The molecule has 0 atom stereocenters. The van der Waals surface area contributed by atoms with Crippen LogP contribution in [0.25, 0.3) is 11.3 Å². The Labute approximate surface area is 153 Å². The summed E-state index contributed by atoms with van der Waals surface area (Å²) in [6.07, 6.45) is 3.03.